The molecule has 0 amide bonds. The summed E-state index contributed by atoms with van der Waals surface area (Å²) in [5, 5.41) is 30.1. The normalized spacial score (nSPS) is 15.2. The fourth-order valence-electron chi connectivity index (χ4n) is 4.23. The number of carbonyl (C=O) groups is 2. The third-order valence-electron chi connectivity index (χ3n) is 6.21. The molecule has 2 atom stereocenters. The predicted octanol–water partition coefficient (Wildman–Crippen LogP) is 1.61. The summed E-state index contributed by atoms with van der Waals surface area (Å²) in [5.74, 6) is -3.18. The van der Waals surface area contributed by atoms with E-state index in [0.29, 0.717) is 23.4 Å². The Balaban J connectivity index is 1.78. The Morgan fingerprint density at radius 1 is 1.27 bits per heavy atom. The first-order valence-corrected chi connectivity index (χ1v) is 15.2. The topological polar surface area (TPSA) is 241 Å². The van der Waals surface area contributed by atoms with Gasteiger partial charge in [0.05, 0.1) is 17.9 Å². The number of aromatic amines is 1. The summed E-state index contributed by atoms with van der Waals surface area (Å²) in [5.41, 5.74) is 0.777. The minimum Gasteiger partial charge on any atom is -0.480 e. The second kappa shape index (κ2) is 13.9. The number of carboxylic acids is 1. The highest BCUT2D eigenvalue weighted by molar-refractivity contribution is 7.90. The van der Waals surface area contributed by atoms with Crippen molar-refractivity contribution in [1.82, 2.24) is 30.6 Å². The fourth-order valence-corrected chi connectivity index (χ4v) is 4.73. The SMILES string of the molecule is CCOC(=O)CCc1cc(Oc2nc(S(C)(=O)=O)nc(NC(Cc3cnc[nH]3)C(=O)O)c2[N+](=O)[O-])cc(C2NC=CCN2)c1. The van der Waals surface area contributed by atoms with E-state index in [4.69, 9.17) is 9.47 Å². The summed E-state index contributed by atoms with van der Waals surface area (Å²) in [6, 6.07) is 3.43. The van der Waals surface area contributed by atoms with Crippen molar-refractivity contribution in [2.24, 2.45) is 0 Å². The number of benzene rings is 1. The molecule has 1 aliphatic rings. The van der Waals surface area contributed by atoms with Crippen LogP contribution in [0.4, 0.5) is 11.5 Å². The highest BCUT2D eigenvalue weighted by Gasteiger charge is 2.33. The van der Waals surface area contributed by atoms with Gasteiger partial charge in [-0.05, 0) is 42.8 Å². The van der Waals surface area contributed by atoms with Gasteiger partial charge in [-0.2, -0.15) is 9.97 Å². The van der Waals surface area contributed by atoms with Gasteiger partial charge in [-0.15, -0.1) is 0 Å². The zero-order valence-corrected chi connectivity index (χ0v) is 24.5. The van der Waals surface area contributed by atoms with Gasteiger partial charge < -0.3 is 30.2 Å². The van der Waals surface area contributed by atoms with E-state index in [1.165, 1.54) is 18.6 Å². The van der Waals surface area contributed by atoms with Gasteiger partial charge in [0.15, 0.2) is 0 Å². The number of rotatable bonds is 14. The molecule has 17 nitrogen and oxygen atoms in total. The molecule has 4 rings (SSSR count). The number of esters is 1. The van der Waals surface area contributed by atoms with E-state index in [2.05, 4.69) is 35.9 Å². The number of ether oxygens (including phenoxy) is 2. The van der Waals surface area contributed by atoms with E-state index in [1.807, 2.05) is 12.1 Å². The third-order valence-corrected chi connectivity index (χ3v) is 7.06. The van der Waals surface area contributed by atoms with E-state index < -0.39 is 55.3 Å². The van der Waals surface area contributed by atoms with E-state index in [-0.39, 0.29) is 37.8 Å². The molecule has 18 heteroatoms. The summed E-state index contributed by atoms with van der Waals surface area (Å²) in [6.07, 6.45) is 6.84. The highest BCUT2D eigenvalue weighted by atomic mass is 32.2. The molecule has 0 bridgehead atoms. The largest absolute Gasteiger partial charge is 0.480 e. The van der Waals surface area contributed by atoms with Crippen LogP contribution in [-0.2, 0) is 37.0 Å². The number of sulfone groups is 1. The van der Waals surface area contributed by atoms with Crippen LogP contribution in [0.5, 0.6) is 11.6 Å². The van der Waals surface area contributed by atoms with Crippen LogP contribution in [0.3, 0.4) is 0 Å². The number of hydrogen-bond donors (Lipinski definition) is 5. The number of aromatic nitrogens is 4. The molecule has 1 aliphatic heterocycles. The molecule has 0 spiro atoms. The molecule has 1 aromatic carbocycles. The maximum Gasteiger partial charge on any atom is 0.373 e. The number of hydrogen-bond acceptors (Lipinski definition) is 14. The van der Waals surface area contributed by atoms with Crippen LogP contribution in [0, 0.1) is 10.1 Å². The minimum absolute atomic E-state index is 0.0407. The van der Waals surface area contributed by atoms with Crippen LogP contribution >= 0.6 is 0 Å². The quantitative estimate of drug-likeness (QED) is 0.0735. The van der Waals surface area contributed by atoms with Crippen molar-refractivity contribution in [2.45, 2.75) is 43.6 Å². The first-order valence-electron chi connectivity index (χ1n) is 13.3. The molecule has 44 heavy (non-hydrogen) atoms. The van der Waals surface area contributed by atoms with Crippen LogP contribution in [0.2, 0.25) is 0 Å². The van der Waals surface area contributed by atoms with Crippen molar-refractivity contribution in [3.63, 3.8) is 0 Å². The lowest BCUT2D eigenvalue weighted by Gasteiger charge is -2.23. The van der Waals surface area contributed by atoms with Crippen LogP contribution in [0.15, 0.2) is 48.2 Å². The summed E-state index contributed by atoms with van der Waals surface area (Å²) >= 11 is 0. The number of carboxylic acid groups (broad SMARTS) is 1. The van der Waals surface area contributed by atoms with Crippen molar-refractivity contribution in [2.75, 3.05) is 24.7 Å². The van der Waals surface area contributed by atoms with Gasteiger partial charge in [-0.25, -0.2) is 18.2 Å². The van der Waals surface area contributed by atoms with Crippen molar-refractivity contribution in [1.29, 1.82) is 0 Å². The first-order chi connectivity index (χ1) is 20.9. The molecule has 0 saturated carbocycles. The molecule has 0 saturated heterocycles. The van der Waals surface area contributed by atoms with Gasteiger partial charge >= 0.3 is 23.5 Å². The molecule has 0 aliphatic carbocycles. The smallest absolute Gasteiger partial charge is 0.373 e. The van der Waals surface area contributed by atoms with Crippen molar-refractivity contribution < 1.29 is 37.5 Å². The molecule has 2 aromatic heterocycles. The molecular formula is C26H30N8O9S. The Labute approximate surface area is 251 Å². The zero-order valence-electron chi connectivity index (χ0n) is 23.6. The Hall–Kier alpha value is -5.10. The zero-order chi connectivity index (χ0) is 31.9. The standard InChI is InChI=1S/C26H30N8O9S/c1-3-42-20(35)6-5-15-9-16(22-28-7-4-8-29-22)11-18(10-15)43-24-21(34(38)39)23(32-26(33-24)44(2,40)41)31-19(25(36)37)12-17-13-27-14-30-17/h4,7,9-11,13-14,19,22,28-29H,3,5-6,8,12H2,1-2H3,(H,27,30)(H,36,37)(H,31,32,33). The maximum atomic E-state index is 12.5. The number of carbonyl (C=O) groups excluding carboxylic acids is 1. The van der Waals surface area contributed by atoms with E-state index >= 15 is 0 Å². The van der Waals surface area contributed by atoms with E-state index in [9.17, 15) is 33.2 Å². The average molecular weight is 631 g/mol. The van der Waals surface area contributed by atoms with Gasteiger partial charge in [-0.3, -0.25) is 20.2 Å². The molecule has 0 radical (unpaired) electrons. The average Bonchev–Trinajstić information content (AvgIpc) is 3.49. The summed E-state index contributed by atoms with van der Waals surface area (Å²) in [6.45, 7) is 2.46. The number of anilines is 1. The third kappa shape index (κ3) is 8.26. The molecule has 3 aromatic rings. The number of aliphatic carboxylic acids is 1. The molecule has 3 heterocycles. The Bertz CT molecular complexity index is 1660. The number of imidazole rings is 1. The summed E-state index contributed by atoms with van der Waals surface area (Å²) < 4.78 is 35.9. The molecule has 0 fully saturated rings. The number of nitrogens with zero attached hydrogens (tertiary/aromatic N) is 4. The van der Waals surface area contributed by atoms with E-state index in [0.717, 1.165) is 6.26 Å². The maximum absolute atomic E-state index is 12.5. The first kappa shape index (κ1) is 31.8. The Morgan fingerprint density at radius 3 is 2.68 bits per heavy atom. The Morgan fingerprint density at radius 2 is 2.07 bits per heavy atom. The molecule has 234 valence electrons. The van der Waals surface area contributed by atoms with Gasteiger partial charge in [0.2, 0.25) is 15.7 Å². The van der Waals surface area contributed by atoms with Crippen molar-refractivity contribution in [3.8, 4) is 11.6 Å². The second-order valence-electron chi connectivity index (χ2n) is 9.58. The molecule has 5 N–H and O–H groups in total. The highest BCUT2D eigenvalue weighted by Crippen LogP contribution is 2.37. The van der Waals surface area contributed by atoms with Gasteiger partial charge in [0.1, 0.15) is 18.0 Å². The summed E-state index contributed by atoms with van der Waals surface area (Å²) in [4.78, 5) is 49.6. The second-order valence-corrected chi connectivity index (χ2v) is 11.5. The lowest BCUT2D eigenvalue weighted by atomic mass is 10.0. The minimum atomic E-state index is -4.15. The fraction of sp³-hybridized carbons (Fsp3) is 0.346. The van der Waals surface area contributed by atoms with Gasteiger partial charge in [-0.1, -0.05) is 12.1 Å². The lowest BCUT2D eigenvalue weighted by Crippen LogP contribution is -2.34. The van der Waals surface area contributed by atoms with Crippen molar-refractivity contribution in [3.05, 3.63) is 69.9 Å². The molecule has 2 unspecified atom stereocenters. The number of nitrogens with one attached hydrogen (secondary N) is 4. The Kier molecular flexibility index (Phi) is 10.1. The number of aryl methyl sites for hydroxylation is 1. The monoisotopic (exact) mass is 630 g/mol. The van der Waals surface area contributed by atoms with Gasteiger partial charge in [0, 0.05) is 37.5 Å². The van der Waals surface area contributed by atoms with E-state index in [1.54, 1.807) is 19.2 Å². The van der Waals surface area contributed by atoms with Crippen LogP contribution < -0.4 is 20.7 Å². The predicted molar refractivity (Wildman–Crippen MR) is 154 cm³/mol. The number of nitro groups is 1. The lowest BCUT2D eigenvalue weighted by molar-refractivity contribution is -0.385. The van der Waals surface area contributed by atoms with Gasteiger partial charge in [0.25, 0.3) is 5.16 Å². The van der Waals surface area contributed by atoms with Crippen LogP contribution in [0.25, 0.3) is 0 Å². The summed E-state index contributed by atoms with van der Waals surface area (Å²) in [7, 11) is -4.15. The van der Waals surface area contributed by atoms with Crippen molar-refractivity contribution >= 4 is 33.3 Å². The van der Waals surface area contributed by atoms with Crippen LogP contribution in [0.1, 0.15) is 36.3 Å². The molecular weight excluding hydrogens is 600 g/mol. The number of H-pyrrole nitrogens is 1. The van der Waals surface area contributed by atoms with Crippen LogP contribution in [-0.4, -0.2) is 75.8 Å².